The first-order valence-electron chi connectivity index (χ1n) is 8.46. The number of aromatic nitrogens is 1. The Kier molecular flexibility index (Phi) is 5.96. The summed E-state index contributed by atoms with van der Waals surface area (Å²) in [6.45, 7) is 4.54. The Morgan fingerprint density at radius 3 is 2.68 bits per heavy atom. The number of hydrogen-bond donors (Lipinski definition) is 2. The number of aliphatic hydroxyl groups is 1. The lowest BCUT2D eigenvalue weighted by Crippen LogP contribution is -2.29. The summed E-state index contributed by atoms with van der Waals surface area (Å²) in [5.41, 5.74) is 3.61. The zero-order valence-electron chi connectivity index (χ0n) is 14.4. The van der Waals surface area contributed by atoms with Gasteiger partial charge < -0.3 is 10.4 Å². The Hall–Kier alpha value is -2.02. The van der Waals surface area contributed by atoms with Gasteiger partial charge in [-0.1, -0.05) is 35.9 Å². The van der Waals surface area contributed by atoms with Crippen molar-refractivity contribution in [3.8, 4) is 0 Å². The van der Waals surface area contributed by atoms with Gasteiger partial charge >= 0.3 is 0 Å². The van der Waals surface area contributed by atoms with Crippen LogP contribution in [0.15, 0.2) is 36.0 Å². The molecule has 25 heavy (non-hydrogen) atoms. The molecule has 1 fully saturated rings. The van der Waals surface area contributed by atoms with Crippen molar-refractivity contribution >= 4 is 28.5 Å². The quantitative estimate of drug-likeness (QED) is 0.862. The number of nitrogens with one attached hydrogen (secondary N) is 1. The molecule has 132 valence electrons. The molecule has 0 bridgehead atoms. The van der Waals surface area contributed by atoms with E-state index in [0.29, 0.717) is 5.13 Å². The summed E-state index contributed by atoms with van der Waals surface area (Å²) in [6.07, 6.45) is 6.25. The number of thiazole rings is 1. The average Bonchev–Trinajstić information content (AvgIpc) is 3.03. The highest BCUT2D eigenvalue weighted by Crippen LogP contribution is 2.24. The Morgan fingerprint density at radius 2 is 2.04 bits per heavy atom. The van der Waals surface area contributed by atoms with Crippen molar-refractivity contribution in [2.75, 3.05) is 18.4 Å². The van der Waals surface area contributed by atoms with E-state index in [1.807, 2.05) is 18.3 Å². The van der Waals surface area contributed by atoms with Crippen LogP contribution in [0, 0.1) is 0 Å². The van der Waals surface area contributed by atoms with Gasteiger partial charge in [-0.15, -0.1) is 11.3 Å². The van der Waals surface area contributed by atoms with Crippen LogP contribution in [-0.2, 0) is 17.9 Å². The minimum absolute atomic E-state index is 0.0827. The maximum absolute atomic E-state index is 11.1. The van der Waals surface area contributed by atoms with E-state index >= 15 is 0 Å². The Bertz CT molecular complexity index is 742. The summed E-state index contributed by atoms with van der Waals surface area (Å²) >= 11 is 1.54. The van der Waals surface area contributed by atoms with Crippen molar-refractivity contribution in [3.05, 3.63) is 52.0 Å². The second-order valence-electron chi connectivity index (χ2n) is 6.29. The molecule has 0 atom stereocenters. The lowest BCUT2D eigenvalue weighted by molar-refractivity contribution is -0.114. The second kappa shape index (κ2) is 8.38. The normalized spacial score (nSPS) is 15.2. The molecule has 6 heteroatoms. The number of anilines is 1. The summed E-state index contributed by atoms with van der Waals surface area (Å²) in [6, 6.07) is 8.06. The zero-order valence-corrected chi connectivity index (χ0v) is 15.2. The monoisotopic (exact) mass is 357 g/mol. The topological polar surface area (TPSA) is 65.5 Å². The number of piperidine rings is 1. The van der Waals surface area contributed by atoms with E-state index in [4.69, 9.17) is 5.11 Å². The van der Waals surface area contributed by atoms with E-state index in [1.54, 1.807) is 11.3 Å². The van der Waals surface area contributed by atoms with Crippen LogP contribution in [0.4, 0.5) is 5.13 Å². The van der Waals surface area contributed by atoms with Crippen LogP contribution in [0.5, 0.6) is 0 Å². The highest BCUT2D eigenvalue weighted by atomic mass is 32.1. The molecule has 2 heterocycles. The molecule has 1 aromatic heterocycles. The molecule has 0 unspecified atom stereocenters. The Morgan fingerprint density at radius 1 is 1.32 bits per heavy atom. The van der Waals surface area contributed by atoms with Crippen molar-refractivity contribution in [2.24, 2.45) is 0 Å². The van der Waals surface area contributed by atoms with Gasteiger partial charge in [0.1, 0.15) is 0 Å². The molecule has 1 aliphatic heterocycles. The molecule has 0 aliphatic carbocycles. The number of carbonyl (C=O) groups is 1. The molecule has 0 radical (unpaired) electrons. The fraction of sp³-hybridized carbons (Fsp3) is 0.368. The molecular formula is C19H23N3O2S. The minimum Gasteiger partial charge on any atom is -0.392 e. The van der Waals surface area contributed by atoms with Crippen LogP contribution in [0.2, 0.25) is 0 Å². The summed E-state index contributed by atoms with van der Waals surface area (Å²) in [5, 5.41) is 12.5. The first-order chi connectivity index (χ1) is 12.1. The fourth-order valence-electron chi connectivity index (χ4n) is 2.91. The summed E-state index contributed by atoms with van der Waals surface area (Å²) < 4.78 is 0. The van der Waals surface area contributed by atoms with Gasteiger partial charge in [-0.2, -0.15) is 0 Å². The molecule has 5 nitrogen and oxygen atoms in total. The number of likely N-dealkylation sites (tertiary alicyclic amines) is 1. The predicted molar refractivity (Wildman–Crippen MR) is 101 cm³/mol. The third kappa shape index (κ3) is 5.22. The van der Waals surface area contributed by atoms with Crippen molar-refractivity contribution in [1.82, 2.24) is 9.88 Å². The number of nitrogens with zero attached hydrogens (tertiary/aromatic N) is 2. The van der Waals surface area contributed by atoms with Crippen LogP contribution >= 0.6 is 11.3 Å². The molecule has 1 saturated heterocycles. The van der Waals surface area contributed by atoms with Gasteiger partial charge in [-0.25, -0.2) is 4.98 Å². The fourth-order valence-corrected chi connectivity index (χ4v) is 3.81. The number of carbonyl (C=O) groups excluding carboxylic acids is 1. The molecule has 2 N–H and O–H groups in total. The van der Waals surface area contributed by atoms with E-state index in [-0.39, 0.29) is 12.5 Å². The number of hydrogen-bond acceptors (Lipinski definition) is 5. The molecule has 2 aromatic rings. The third-order valence-electron chi connectivity index (χ3n) is 4.25. The van der Waals surface area contributed by atoms with Crippen molar-refractivity contribution < 1.29 is 9.90 Å². The van der Waals surface area contributed by atoms with Gasteiger partial charge in [0.05, 0.1) is 6.61 Å². The lowest BCUT2D eigenvalue weighted by Gasteiger charge is -2.27. The van der Waals surface area contributed by atoms with Crippen LogP contribution < -0.4 is 5.32 Å². The Labute approximate surface area is 152 Å². The van der Waals surface area contributed by atoms with Crippen molar-refractivity contribution in [3.63, 3.8) is 0 Å². The van der Waals surface area contributed by atoms with Crippen molar-refractivity contribution in [1.29, 1.82) is 0 Å². The standard InChI is InChI=1S/C19H23N3O2S/c1-14(24)21-19-20-11-18(25-19)12-22-8-6-16(7-9-22)10-15-2-4-17(13-23)5-3-15/h2-5,10-11,23H,6-9,12-13H2,1H3,(H,20,21,24). The predicted octanol–water partition coefficient (Wildman–Crippen LogP) is 3.27. The maximum atomic E-state index is 11.1. The van der Waals surface area contributed by atoms with Crippen LogP contribution in [0.25, 0.3) is 6.08 Å². The summed E-state index contributed by atoms with van der Waals surface area (Å²) in [5.74, 6) is -0.0827. The number of rotatable bonds is 5. The Balaban J connectivity index is 1.51. The van der Waals surface area contributed by atoms with Crippen LogP contribution in [0.3, 0.4) is 0 Å². The van der Waals surface area contributed by atoms with E-state index in [2.05, 4.69) is 33.4 Å². The van der Waals surface area contributed by atoms with Gasteiger partial charge in [-0.3, -0.25) is 9.69 Å². The van der Waals surface area contributed by atoms with Gasteiger partial charge in [0.2, 0.25) is 5.91 Å². The molecule has 0 saturated carbocycles. The minimum atomic E-state index is -0.0827. The van der Waals surface area contributed by atoms with E-state index in [1.165, 1.54) is 22.9 Å². The molecule has 1 aromatic carbocycles. The average molecular weight is 357 g/mol. The molecule has 1 aliphatic rings. The van der Waals surface area contributed by atoms with Crippen LogP contribution in [0.1, 0.15) is 35.8 Å². The van der Waals surface area contributed by atoms with Crippen LogP contribution in [-0.4, -0.2) is 34.0 Å². The van der Waals surface area contributed by atoms with Gasteiger partial charge in [0, 0.05) is 37.6 Å². The number of benzene rings is 1. The highest BCUT2D eigenvalue weighted by Gasteiger charge is 2.15. The molecule has 0 spiro atoms. The van der Waals surface area contributed by atoms with E-state index < -0.39 is 0 Å². The first-order valence-corrected chi connectivity index (χ1v) is 9.28. The zero-order chi connectivity index (χ0) is 17.6. The second-order valence-corrected chi connectivity index (χ2v) is 7.41. The summed E-state index contributed by atoms with van der Waals surface area (Å²) in [7, 11) is 0. The molecular weight excluding hydrogens is 334 g/mol. The maximum Gasteiger partial charge on any atom is 0.223 e. The lowest BCUT2D eigenvalue weighted by atomic mass is 10.0. The number of aliphatic hydroxyl groups excluding tert-OH is 1. The van der Waals surface area contributed by atoms with Crippen molar-refractivity contribution in [2.45, 2.75) is 32.9 Å². The van der Waals surface area contributed by atoms with E-state index in [9.17, 15) is 4.79 Å². The highest BCUT2D eigenvalue weighted by molar-refractivity contribution is 7.15. The smallest absolute Gasteiger partial charge is 0.223 e. The van der Waals surface area contributed by atoms with Gasteiger partial charge in [-0.05, 0) is 24.0 Å². The first kappa shape index (κ1) is 17.8. The number of amides is 1. The van der Waals surface area contributed by atoms with Gasteiger partial charge in [0.25, 0.3) is 0 Å². The molecule has 3 rings (SSSR count). The van der Waals surface area contributed by atoms with E-state index in [0.717, 1.165) is 38.0 Å². The largest absolute Gasteiger partial charge is 0.392 e. The SMILES string of the molecule is CC(=O)Nc1ncc(CN2CCC(=Cc3ccc(CO)cc3)CC2)s1. The molecule has 1 amide bonds. The third-order valence-corrected chi connectivity index (χ3v) is 5.14. The summed E-state index contributed by atoms with van der Waals surface area (Å²) in [4.78, 5) is 18.9. The van der Waals surface area contributed by atoms with Gasteiger partial charge in [0.15, 0.2) is 5.13 Å².